The van der Waals surface area contributed by atoms with Gasteiger partial charge < -0.3 is 5.32 Å². The maximum absolute atomic E-state index is 4.58. The number of hydrogen-bond acceptors (Lipinski definition) is 2. The van der Waals surface area contributed by atoms with E-state index < -0.39 is 0 Å². The largest absolute Gasteiger partial charge is 0.314 e. The zero-order valence-electron chi connectivity index (χ0n) is 14.7. The van der Waals surface area contributed by atoms with Crippen molar-refractivity contribution in [3.63, 3.8) is 0 Å². The Hall–Kier alpha value is -0.830. The molecule has 1 fully saturated rings. The Kier molecular flexibility index (Phi) is 5.48. The summed E-state index contributed by atoms with van der Waals surface area (Å²) in [5.41, 5.74) is 3.98. The van der Waals surface area contributed by atoms with Crippen LogP contribution in [0.25, 0.3) is 0 Å². The minimum atomic E-state index is 0.603. The number of hydrogen-bond donors (Lipinski definition) is 1. The van der Waals surface area contributed by atoms with Crippen LogP contribution in [0.4, 0.5) is 0 Å². The quantitative estimate of drug-likeness (QED) is 0.898. The highest BCUT2D eigenvalue weighted by atomic mass is 15.3. The summed E-state index contributed by atoms with van der Waals surface area (Å²) in [7, 11) is 2.05. The van der Waals surface area contributed by atoms with Gasteiger partial charge in [0.1, 0.15) is 0 Å². The predicted molar refractivity (Wildman–Crippen MR) is 89.5 cm³/mol. The molecule has 0 bridgehead atoms. The monoisotopic (exact) mass is 291 g/mol. The highest BCUT2D eigenvalue weighted by Gasteiger charge is 2.30. The molecule has 0 aliphatic heterocycles. The van der Waals surface area contributed by atoms with E-state index in [1.165, 1.54) is 36.2 Å². The van der Waals surface area contributed by atoms with Gasteiger partial charge in [0.05, 0.1) is 5.69 Å². The highest BCUT2D eigenvalue weighted by Crippen LogP contribution is 2.36. The smallest absolute Gasteiger partial charge is 0.0628 e. The standard InChI is InChI=1S/C18H33N3/c1-7-19-18(16-9-8-12(2)13(3)10-16)11-17-14(4)20-21(6)15(17)5/h12-13,16,18-19H,7-11H2,1-6H3. The first-order valence-electron chi connectivity index (χ1n) is 8.66. The second kappa shape index (κ2) is 6.95. The number of rotatable bonds is 5. The van der Waals surface area contributed by atoms with Crippen molar-refractivity contribution in [2.75, 3.05) is 6.54 Å². The molecule has 4 unspecified atom stereocenters. The van der Waals surface area contributed by atoms with Gasteiger partial charge in [-0.05, 0) is 63.0 Å². The van der Waals surface area contributed by atoms with Crippen LogP contribution in [-0.2, 0) is 13.5 Å². The number of aryl methyl sites for hydroxylation is 2. The van der Waals surface area contributed by atoms with Crippen LogP contribution >= 0.6 is 0 Å². The van der Waals surface area contributed by atoms with Crippen molar-refractivity contribution >= 4 is 0 Å². The molecule has 1 saturated carbocycles. The molecule has 2 rings (SSSR count). The minimum Gasteiger partial charge on any atom is -0.314 e. The lowest BCUT2D eigenvalue weighted by Crippen LogP contribution is -2.41. The van der Waals surface area contributed by atoms with Crippen molar-refractivity contribution in [2.24, 2.45) is 24.8 Å². The summed E-state index contributed by atoms with van der Waals surface area (Å²) in [6, 6.07) is 0.603. The molecule has 0 aromatic carbocycles. The van der Waals surface area contributed by atoms with Crippen molar-refractivity contribution in [3.8, 4) is 0 Å². The summed E-state index contributed by atoms with van der Waals surface area (Å²) in [5.74, 6) is 2.57. The number of nitrogens with one attached hydrogen (secondary N) is 1. The van der Waals surface area contributed by atoms with E-state index in [-0.39, 0.29) is 0 Å². The van der Waals surface area contributed by atoms with E-state index in [0.717, 1.165) is 30.7 Å². The molecule has 0 spiro atoms. The van der Waals surface area contributed by atoms with Crippen LogP contribution in [-0.4, -0.2) is 22.4 Å². The predicted octanol–water partition coefficient (Wildman–Crippen LogP) is 3.63. The fraction of sp³-hybridized carbons (Fsp3) is 0.833. The Labute approximate surface area is 130 Å². The van der Waals surface area contributed by atoms with Crippen LogP contribution in [0.3, 0.4) is 0 Å². The zero-order chi connectivity index (χ0) is 15.6. The van der Waals surface area contributed by atoms with Crippen LogP contribution in [0.2, 0.25) is 0 Å². The second-order valence-electron chi connectivity index (χ2n) is 7.17. The number of aromatic nitrogens is 2. The molecular formula is C18H33N3. The van der Waals surface area contributed by atoms with Gasteiger partial charge in [-0.3, -0.25) is 4.68 Å². The zero-order valence-corrected chi connectivity index (χ0v) is 14.7. The van der Waals surface area contributed by atoms with E-state index in [0.29, 0.717) is 6.04 Å². The first-order valence-corrected chi connectivity index (χ1v) is 8.66. The lowest BCUT2D eigenvalue weighted by atomic mass is 9.72. The maximum atomic E-state index is 4.58. The van der Waals surface area contributed by atoms with Gasteiger partial charge in [0.2, 0.25) is 0 Å². The van der Waals surface area contributed by atoms with Crippen molar-refractivity contribution in [1.82, 2.24) is 15.1 Å². The second-order valence-corrected chi connectivity index (χ2v) is 7.17. The van der Waals surface area contributed by atoms with Crippen molar-refractivity contribution < 1.29 is 0 Å². The minimum absolute atomic E-state index is 0.603. The molecule has 1 aromatic heterocycles. The molecule has 4 atom stereocenters. The summed E-state index contributed by atoms with van der Waals surface area (Å²) in [4.78, 5) is 0. The average Bonchev–Trinajstić information content (AvgIpc) is 2.68. The molecule has 0 radical (unpaired) electrons. The molecule has 1 aliphatic rings. The molecule has 1 aliphatic carbocycles. The summed E-state index contributed by atoms with van der Waals surface area (Å²) in [6.07, 6.45) is 5.27. The van der Waals surface area contributed by atoms with Crippen molar-refractivity contribution in [2.45, 2.75) is 66.3 Å². The Balaban J connectivity index is 2.12. The third kappa shape index (κ3) is 3.68. The van der Waals surface area contributed by atoms with Gasteiger partial charge in [-0.1, -0.05) is 27.2 Å². The van der Waals surface area contributed by atoms with Crippen LogP contribution in [0.5, 0.6) is 0 Å². The normalized spacial score (nSPS) is 27.8. The van der Waals surface area contributed by atoms with E-state index in [1.54, 1.807) is 0 Å². The fourth-order valence-electron chi connectivity index (χ4n) is 3.96. The summed E-state index contributed by atoms with van der Waals surface area (Å²) >= 11 is 0. The molecule has 3 heteroatoms. The maximum Gasteiger partial charge on any atom is 0.0628 e. The van der Waals surface area contributed by atoms with Gasteiger partial charge in [-0.25, -0.2) is 0 Å². The lowest BCUT2D eigenvalue weighted by Gasteiger charge is -2.37. The van der Waals surface area contributed by atoms with Gasteiger partial charge in [0.25, 0.3) is 0 Å². The van der Waals surface area contributed by atoms with Gasteiger partial charge in [-0.2, -0.15) is 5.10 Å². The van der Waals surface area contributed by atoms with Crippen LogP contribution in [0.15, 0.2) is 0 Å². The molecule has 120 valence electrons. The van der Waals surface area contributed by atoms with Gasteiger partial charge >= 0.3 is 0 Å². The van der Waals surface area contributed by atoms with E-state index in [4.69, 9.17) is 0 Å². The molecule has 0 amide bonds. The van der Waals surface area contributed by atoms with Crippen molar-refractivity contribution in [1.29, 1.82) is 0 Å². The molecule has 21 heavy (non-hydrogen) atoms. The summed E-state index contributed by atoms with van der Waals surface area (Å²) in [5, 5.41) is 8.35. The Bertz CT molecular complexity index is 463. The van der Waals surface area contributed by atoms with Crippen LogP contribution < -0.4 is 5.32 Å². The van der Waals surface area contributed by atoms with E-state index in [1.807, 2.05) is 4.68 Å². The van der Waals surface area contributed by atoms with Crippen LogP contribution in [0.1, 0.15) is 57.0 Å². The van der Waals surface area contributed by atoms with E-state index in [9.17, 15) is 0 Å². The lowest BCUT2D eigenvalue weighted by molar-refractivity contribution is 0.171. The molecule has 1 heterocycles. The topological polar surface area (TPSA) is 29.9 Å². The average molecular weight is 291 g/mol. The first-order chi connectivity index (χ1) is 9.93. The molecule has 1 N–H and O–H groups in total. The Morgan fingerprint density at radius 3 is 2.48 bits per heavy atom. The third-order valence-electron chi connectivity index (χ3n) is 5.76. The molecular weight excluding hydrogens is 258 g/mol. The SMILES string of the molecule is CCNC(Cc1c(C)nn(C)c1C)C1CCC(C)C(C)C1. The fourth-order valence-corrected chi connectivity index (χ4v) is 3.96. The van der Waals surface area contributed by atoms with Crippen LogP contribution in [0, 0.1) is 31.6 Å². The summed E-state index contributed by atoms with van der Waals surface area (Å²) < 4.78 is 2.03. The van der Waals surface area contributed by atoms with E-state index in [2.05, 4.69) is 52.1 Å². The first kappa shape index (κ1) is 16.5. The molecule has 3 nitrogen and oxygen atoms in total. The Morgan fingerprint density at radius 2 is 1.95 bits per heavy atom. The third-order valence-corrected chi connectivity index (χ3v) is 5.76. The summed E-state index contributed by atoms with van der Waals surface area (Å²) in [6.45, 7) is 12.5. The number of nitrogens with zero attached hydrogens (tertiary/aromatic N) is 2. The van der Waals surface area contributed by atoms with Crippen molar-refractivity contribution in [3.05, 3.63) is 17.0 Å². The number of likely N-dealkylation sites (N-methyl/N-ethyl adjacent to an activating group) is 1. The van der Waals surface area contributed by atoms with E-state index >= 15 is 0 Å². The highest BCUT2D eigenvalue weighted by molar-refractivity contribution is 5.25. The molecule has 1 aromatic rings. The molecule has 0 saturated heterocycles. The van der Waals surface area contributed by atoms with Gasteiger partial charge in [0, 0.05) is 18.8 Å². The van der Waals surface area contributed by atoms with Gasteiger partial charge in [-0.15, -0.1) is 0 Å². The van der Waals surface area contributed by atoms with Gasteiger partial charge in [0.15, 0.2) is 0 Å². The Morgan fingerprint density at radius 1 is 1.24 bits per heavy atom.